The van der Waals surface area contributed by atoms with E-state index >= 15 is 0 Å². The number of hydrogen-bond acceptors (Lipinski definition) is 0. The van der Waals surface area contributed by atoms with Gasteiger partial charge < -0.3 is 0 Å². The Hall–Kier alpha value is -0.260. The SMILES string of the molecule is C[C@H](CC[C@H](C)C(C)(C)C)[C@H]1CC[C@H]2[C@@H]3CC=C4C[C@](C)(C(C)(C)C)CC[C@]4(C)[C@H]3CC[C@]12C. The molecule has 196 valence electrons. The van der Waals surface area contributed by atoms with Gasteiger partial charge in [-0.15, -0.1) is 0 Å². The van der Waals surface area contributed by atoms with Gasteiger partial charge in [0.1, 0.15) is 0 Å². The number of allylic oxidation sites excluding steroid dienone is 2. The standard InChI is InChI=1S/C34H60/c1-23(12-13-24(2)30(3,4)5)27-16-17-28-26-15-14-25-22-32(9,31(6,7)8)20-21-33(25,10)29(26)18-19-34(27,28)11/h14,23-24,26-29H,12-13,15-22H2,1-11H3/t23-,24+,26+,27-,28+,29+,32-,33+,34-/m1/s1. The quantitative estimate of drug-likeness (QED) is 0.360. The van der Waals surface area contributed by atoms with Crippen molar-refractivity contribution in [2.24, 2.45) is 62.6 Å². The van der Waals surface area contributed by atoms with Gasteiger partial charge in [0, 0.05) is 0 Å². The molecular weight excluding hydrogens is 408 g/mol. The Balaban J connectivity index is 1.49. The van der Waals surface area contributed by atoms with Crippen LogP contribution in [0, 0.1) is 62.6 Å². The van der Waals surface area contributed by atoms with Crippen molar-refractivity contribution in [2.45, 2.75) is 140 Å². The molecule has 0 nitrogen and oxygen atoms in total. The first-order chi connectivity index (χ1) is 15.5. The van der Waals surface area contributed by atoms with E-state index in [9.17, 15) is 0 Å². The molecule has 0 aromatic rings. The minimum Gasteiger partial charge on any atom is -0.0845 e. The Kier molecular flexibility index (Phi) is 6.82. The van der Waals surface area contributed by atoms with E-state index in [0.717, 1.165) is 35.5 Å². The van der Waals surface area contributed by atoms with Gasteiger partial charge in [0.05, 0.1) is 0 Å². The molecule has 0 heteroatoms. The van der Waals surface area contributed by atoms with Crippen LogP contribution in [-0.4, -0.2) is 0 Å². The van der Waals surface area contributed by atoms with E-state index in [2.05, 4.69) is 82.2 Å². The maximum Gasteiger partial charge on any atom is -0.00849 e. The third-order valence-corrected chi connectivity index (χ3v) is 13.5. The first-order valence-corrected chi connectivity index (χ1v) is 15.2. The van der Waals surface area contributed by atoms with Gasteiger partial charge in [0.2, 0.25) is 0 Å². The molecule has 3 saturated carbocycles. The van der Waals surface area contributed by atoms with Crippen LogP contribution in [0.4, 0.5) is 0 Å². The fourth-order valence-electron chi connectivity index (χ4n) is 9.58. The molecule has 0 spiro atoms. The van der Waals surface area contributed by atoms with Crippen LogP contribution in [0.2, 0.25) is 0 Å². The molecule has 9 atom stereocenters. The largest absolute Gasteiger partial charge is 0.0845 e. The van der Waals surface area contributed by atoms with Crippen molar-refractivity contribution in [1.29, 1.82) is 0 Å². The molecule has 4 aliphatic carbocycles. The Morgan fingerprint density at radius 3 is 2.15 bits per heavy atom. The zero-order valence-electron chi connectivity index (χ0n) is 25.1. The first-order valence-electron chi connectivity index (χ1n) is 15.2. The summed E-state index contributed by atoms with van der Waals surface area (Å²) in [6.45, 7) is 27.9. The first kappa shape index (κ1) is 26.8. The molecule has 0 saturated heterocycles. The lowest BCUT2D eigenvalue weighted by molar-refractivity contribution is -0.0666. The summed E-state index contributed by atoms with van der Waals surface area (Å²) in [5.41, 5.74) is 4.26. The highest BCUT2D eigenvalue weighted by atomic mass is 14.6. The molecule has 0 heterocycles. The van der Waals surface area contributed by atoms with Crippen LogP contribution in [0.25, 0.3) is 0 Å². The van der Waals surface area contributed by atoms with Gasteiger partial charge in [0.25, 0.3) is 0 Å². The lowest BCUT2D eigenvalue weighted by Crippen LogP contribution is -2.52. The van der Waals surface area contributed by atoms with E-state index in [4.69, 9.17) is 0 Å². The maximum atomic E-state index is 2.79. The molecule has 0 N–H and O–H groups in total. The lowest BCUT2D eigenvalue weighted by atomic mass is 9.44. The summed E-state index contributed by atoms with van der Waals surface area (Å²) in [7, 11) is 0. The van der Waals surface area contributed by atoms with Gasteiger partial charge in [-0.1, -0.05) is 94.2 Å². The fraction of sp³-hybridized carbons (Fsp3) is 0.941. The third-order valence-electron chi connectivity index (χ3n) is 13.5. The Morgan fingerprint density at radius 2 is 1.53 bits per heavy atom. The van der Waals surface area contributed by atoms with Crippen LogP contribution in [0.3, 0.4) is 0 Å². The summed E-state index contributed by atoms with van der Waals surface area (Å²) in [6.07, 6.45) is 17.2. The van der Waals surface area contributed by atoms with Gasteiger partial charge in [-0.25, -0.2) is 0 Å². The highest BCUT2D eigenvalue weighted by Gasteiger charge is 2.60. The predicted molar refractivity (Wildman–Crippen MR) is 150 cm³/mol. The summed E-state index contributed by atoms with van der Waals surface area (Å²) in [4.78, 5) is 0. The molecule has 0 aliphatic heterocycles. The Bertz CT molecular complexity index is 773. The molecule has 0 amide bonds. The lowest BCUT2D eigenvalue weighted by Gasteiger charge is -2.61. The molecule has 4 aliphatic rings. The molecule has 3 fully saturated rings. The van der Waals surface area contributed by atoms with Crippen LogP contribution in [-0.2, 0) is 0 Å². The summed E-state index contributed by atoms with van der Waals surface area (Å²) in [6, 6.07) is 0. The van der Waals surface area contributed by atoms with E-state index in [1.807, 2.05) is 5.57 Å². The zero-order valence-corrected chi connectivity index (χ0v) is 25.1. The summed E-state index contributed by atoms with van der Waals surface area (Å²) >= 11 is 0. The second-order valence-electron chi connectivity index (χ2n) is 16.8. The van der Waals surface area contributed by atoms with Crippen LogP contribution in [0.1, 0.15) is 140 Å². The van der Waals surface area contributed by atoms with Crippen molar-refractivity contribution in [3.63, 3.8) is 0 Å². The smallest absolute Gasteiger partial charge is 0.00849 e. The minimum atomic E-state index is 0.399. The maximum absolute atomic E-state index is 2.79. The second-order valence-corrected chi connectivity index (χ2v) is 16.8. The van der Waals surface area contributed by atoms with Gasteiger partial charge in [-0.3, -0.25) is 0 Å². The molecule has 0 unspecified atom stereocenters. The predicted octanol–water partition coefficient (Wildman–Crippen LogP) is 10.7. The van der Waals surface area contributed by atoms with Crippen molar-refractivity contribution in [1.82, 2.24) is 0 Å². The molecule has 4 rings (SSSR count). The van der Waals surface area contributed by atoms with Crippen molar-refractivity contribution < 1.29 is 0 Å². The average Bonchev–Trinajstić information content (AvgIpc) is 3.08. The van der Waals surface area contributed by atoms with Crippen LogP contribution in [0.5, 0.6) is 0 Å². The van der Waals surface area contributed by atoms with E-state index in [0.29, 0.717) is 27.1 Å². The van der Waals surface area contributed by atoms with Gasteiger partial charge >= 0.3 is 0 Å². The summed E-state index contributed by atoms with van der Waals surface area (Å²) in [5.74, 6) is 5.55. The highest BCUT2D eigenvalue weighted by molar-refractivity contribution is 5.27. The Morgan fingerprint density at radius 1 is 0.853 bits per heavy atom. The minimum absolute atomic E-state index is 0.399. The van der Waals surface area contributed by atoms with Crippen LogP contribution < -0.4 is 0 Å². The van der Waals surface area contributed by atoms with E-state index in [-0.39, 0.29) is 0 Å². The number of hydrogen-bond donors (Lipinski definition) is 0. The number of rotatable bonds is 4. The Labute approximate surface area is 214 Å². The monoisotopic (exact) mass is 468 g/mol. The van der Waals surface area contributed by atoms with E-state index in [1.165, 1.54) is 64.2 Å². The van der Waals surface area contributed by atoms with Crippen molar-refractivity contribution in [2.75, 3.05) is 0 Å². The molecule has 0 radical (unpaired) electrons. The average molecular weight is 469 g/mol. The third kappa shape index (κ3) is 4.28. The highest BCUT2D eigenvalue weighted by Crippen LogP contribution is 2.69. The molecule has 0 aromatic carbocycles. The van der Waals surface area contributed by atoms with Crippen molar-refractivity contribution >= 4 is 0 Å². The van der Waals surface area contributed by atoms with Crippen LogP contribution in [0.15, 0.2) is 11.6 Å². The summed E-state index contributed by atoms with van der Waals surface area (Å²) in [5, 5.41) is 0. The normalized spacial score (nSPS) is 44.5. The number of fused-ring (bicyclic) bond motifs is 5. The van der Waals surface area contributed by atoms with Gasteiger partial charge in [-0.2, -0.15) is 0 Å². The fourth-order valence-corrected chi connectivity index (χ4v) is 9.58. The van der Waals surface area contributed by atoms with Crippen molar-refractivity contribution in [3.8, 4) is 0 Å². The van der Waals surface area contributed by atoms with Gasteiger partial charge in [0.15, 0.2) is 0 Å². The molecular formula is C34H60. The molecule has 34 heavy (non-hydrogen) atoms. The zero-order chi connectivity index (χ0) is 25.3. The summed E-state index contributed by atoms with van der Waals surface area (Å²) < 4.78 is 0. The van der Waals surface area contributed by atoms with E-state index in [1.54, 1.807) is 0 Å². The van der Waals surface area contributed by atoms with Crippen LogP contribution >= 0.6 is 0 Å². The molecule has 0 bridgehead atoms. The van der Waals surface area contributed by atoms with E-state index < -0.39 is 0 Å². The topological polar surface area (TPSA) is 0 Å². The second kappa shape index (κ2) is 8.65. The van der Waals surface area contributed by atoms with Crippen molar-refractivity contribution in [3.05, 3.63) is 11.6 Å². The van der Waals surface area contributed by atoms with Gasteiger partial charge in [-0.05, 0) is 120 Å². The molecule has 0 aromatic heterocycles.